The normalized spacial score (nSPS) is 27.0. The highest BCUT2D eigenvalue weighted by Crippen LogP contribution is 2.35. The van der Waals surface area contributed by atoms with Gasteiger partial charge in [-0.1, -0.05) is 12.1 Å². The molecule has 1 aliphatic carbocycles. The molecule has 0 spiro atoms. The van der Waals surface area contributed by atoms with Gasteiger partial charge >= 0.3 is 5.97 Å². The summed E-state index contributed by atoms with van der Waals surface area (Å²) in [5, 5.41) is 10.2. The second-order valence-corrected chi connectivity index (χ2v) is 5.87. The van der Waals surface area contributed by atoms with Crippen LogP contribution in [0.15, 0.2) is 24.3 Å². The van der Waals surface area contributed by atoms with E-state index in [4.69, 9.17) is 4.74 Å². The van der Waals surface area contributed by atoms with Crippen LogP contribution in [0.1, 0.15) is 46.9 Å². The second kappa shape index (κ2) is 6.12. The fourth-order valence-electron chi connectivity index (χ4n) is 3.50. The van der Waals surface area contributed by atoms with Crippen LogP contribution in [0.5, 0.6) is 0 Å². The summed E-state index contributed by atoms with van der Waals surface area (Å²) in [5.74, 6) is -2.25. The van der Waals surface area contributed by atoms with Crippen molar-refractivity contribution in [3.05, 3.63) is 35.4 Å². The van der Waals surface area contributed by atoms with Crippen molar-refractivity contribution in [1.82, 2.24) is 4.90 Å². The quantitative estimate of drug-likeness (QED) is 0.672. The highest BCUT2D eigenvalue weighted by Gasteiger charge is 2.48. The van der Waals surface area contributed by atoms with E-state index < -0.39 is 35.8 Å². The molecule has 1 fully saturated rings. The van der Waals surface area contributed by atoms with E-state index in [1.165, 1.54) is 0 Å². The minimum Gasteiger partial charge on any atom is -0.466 e. The number of ether oxygens (including phenoxy) is 1. The molecule has 2 amide bonds. The van der Waals surface area contributed by atoms with Crippen LogP contribution in [-0.2, 0) is 9.53 Å². The molecular formula is C17H19NO5. The van der Waals surface area contributed by atoms with Crippen LogP contribution in [0, 0.1) is 5.92 Å². The van der Waals surface area contributed by atoms with Crippen molar-refractivity contribution in [3.63, 3.8) is 0 Å². The Hall–Kier alpha value is -2.21. The average molecular weight is 317 g/mol. The lowest BCUT2D eigenvalue weighted by atomic mass is 9.81. The first-order chi connectivity index (χ1) is 11.1. The van der Waals surface area contributed by atoms with Crippen molar-refractivity contribution in [2.24, 2.45) is 5.92 Å². The summed E-state index contributed by atoms with van der Waals surface area (Å²) in [7, 11) is 0. The molecule has 2 aliphatic rings. The maximum atomic E-state index is 12.6. The van der Waals surface area contributed by atoms with Gasteiger partial charge in [0.25, 0.3) is 11.8 Å². The fraction of sp³-hybridized carbons (Fsp3) is 0.471. The monoisotopic (exact) mass is 317 g/mol. The minimum atomic E-state index is -0.905. The standard InChI is InChI=1S/C17H19NO5/c1-2-23-17(22)14-12(8-5-9-13(14)19)18-15(20)10-6-3-4-7-11(10)16(18)21/h3-4,6-7,12-14,19H,2,5,8-9H2,1H3/t12-,13-,14+/m0/s1. The molecule has 1 aliphatic heterocycles. The Bertz CT molecular complexity index is 621. The first kappa shape index (κ1) is 15.7. The zero-order chi connectivity index (χ0) is 16.6. The van der Waals surface area contributed by atoms with E-state index in [2.05, 4.69) is 0 Å². The van der Waals surface area contributed by atoms with E-state index >= 15 is 0 Å². The lowest BCUT2D eigenvalue weighted by Gasteiger charge is -2.38. The Morgan fingerprint density at radius 2 is 1.83 bits per heavy atom. The number of carbonyl (C=O) groups excluding carboxylic acids is 3. The van der Waals surface area contributed by atoms with Gasteiger partial charge in [0.2, 0.25) is 0 Å². The Balaban J connectivity index is 1.95. The molecule has 23 heavy (non-hydrogen) atoms. The predicted molar refractivity (Wildman–Crippen MR) is 80.7 cm³/mol. The number of benzene rings is 1. The molecule has 3 rings (SSSR count). The number of hydrogen-bond acceptors (Lipinski definition) is 5. The average Bonchev–Trinajstić information content (AvgIpc) is 2.79. The molecule has 6 nitrogen and oxygen atoms in total. The molecule has 1 heterocycles. The highest BCUT2D eigenvalue weighted by atomic mass is 16.5. The molecule has 122 valence electrons. The number of rotatable bonds is 3. The van der Waals surface area contributed by atoms with Crippen LogP contribution in [0.3, 0.4) is 0 Å². The summed E-state index contributed by atoms with van der Waals surface area (Å²) in [6, 6.07) is 5.95. The third-order valence-corrected chi connectivity index (χ3v) is 4.54. The van der Waals surface area contributed by atoms with Crippen molar-refractivity contribution >= 4 is 17.8 Å². The number of nitrogens with zero attached hydrogens (tertiary/aromatic N) is 1. The largest absolute Gasteiger partial charge is 0.466 e. The smallest absolute Gasteiger partial charge is 0.313 e. The van der Waals surface area contributed by atoms with Gasteiger partial charge < -0.3 is 9.84 Å². The van der Waals surface area contributed by atoms with Crippen LogP contribution in [-0.4, -0.2) is 46.5 Å². The van der Waals surface area contributed by atoms with Crippen LogP contribution in [0.4, 0.5) is 0 Å². The number of imide groups is 1. The maximum absolute atomic E-state index is 12.6. The van der Waals surface area contributed by atoms with Crippen LogP contribution in [0.25, 0.3) is 0 Å². The zero-order valence-corrected chi connectivity index (χ0v) is 12.9. The number of aliphatic hydroxyl groups is 1. The van der Waals surface area contributed by atoms with Gasteiger partial charge in [-0.2, -0.15) is 0 Å². The van der Waals surface area contributed by atoms with Crippen molar-refractivity contribution < 1.29 is 24.2 Å². The summed E-state index contributed by atoms with van der Waals surface area (Å²) in [6.07, 6.45) is 0.696. The number of hydrogen-bond donors (Lipinski definition) is 1. The highest BCUT2D eigenvalue weighted by molar-refractivity contribution is 6.21. The fourth-order valence-corrected chi connectivity index (χ4v) is 3.50. The maximum Gasteiger partial charge on any atom is 0.313 e. The molecule has 0 unspecified atom stereocenters. The van der Waals surface area contributed by atoms with E-state index in [9.17, 15) is 19.5 Å². The number of amides is 2. The third kappa shape index (κ3) is 2.53. The van der Waals surface area contributed by atoms with E-state index in [1.54, 1.807) is 31.2 Å². The molecule has 1 aromatic rings. The van der Waals surface area contributed by atoms with Gasteiger partial charge in [0.15, 0.2) is 0 Å². The van der Waals surface area contributed by atoms with Crippen molar-refractivity contribution in [2.45, 2.75) is 38.3 Å². The van der Waals surface area contributed by atoms with Crippen molar-refractivity contribution in [1.29, 1.82) is 0 Å². The summed E-state index contributed by atoms with van der Waals surface area (Å²) in [5.41, 5.74) is 0.695. The Morgan fingerprint density at radius 3 is 2.39 bits per heavy atom. The third-order valence-electron chi connectivity index (χ3n) is 4.54. The predicted octanol–water partition coefficient (Wildman–Crippen LogP) is 1.38. The number of fused-ring (bicyclic) bond motifs is 1. The molecule has 3 atom stereocenters. The van der Waals surface area contributed by atoms with Gasteiger partial charge in [-0.05, 0) is 38.3 Å². The van der Waals surface area contributed by atoms with Crippen LogP contribution >= 0.6 is 0 Å². The Kier molecular flexibility index (Phi) is 4.17. The Labute approximate surface area is 134 Å². The number of aliphatic hydroxyl groups excluding tert-OH is 1. The van der Waals surface area contributed by atoms with E-state index in [-0.39, 0.29) is 6.61 Å². The van der Waals surface area contributed by atoms with Crippen LogP contribution < -0.4 is 0 Å². The van der Waals surface area contributed by atoms with Gasteiger partial charge in [-0.3, -0.25) is 19.3 Å². The topological polar surface area (TPSA) is 83.9 Å². The summed E-state index contributed by atoms with van der Waals surface area (Å²) in [4.78, 5) is 38.6. The molecule has 0 aromatic heterocycles. The number of carbonyl (C=O) groups is 3. The van der Waals surface area contributed by atoms with Gasteiger partial charge in [0.05, 0.1) is 29.9 Å². The van der Waals surface area contributed by atoms with Gasteiger partial charge in [0.1, 0.15) is 5.92 Å². The summed E-state index contributed by atoms with van der Waals surface area (Å²) >= 11 is 0. The van der Waals surface area contributed by atoms with Crippen molar-refractivity contribution in [3.8, 4) is 0 Å². The molecule has 6 heteroatoms. The molecule has 0 radical (unpaired) electrons. The first-order valence-corrected chi connectivity index (χ1v) is 7.88. The summed E-state index contributed by atoms with van der Waals surface area (Å²) < 4.78 is 5.04. The van der Waals surface area contributed by atoms with E-state index in [0.29, 0.717) is 30.4 Å². The molecule has 1 N–H and O–H groups in total. The zero-order valence-electron chi connectivity index (χ0n) is 12.9. The SMILES string of the molecule is CCOC(=O)[C@H]1[C@@H](O)CCC[C@@H]1N1C(=O)c2ccccc2C1=O. The minimum absolute atomic E-state index is 0.191. The molecule has 1 aromatic carbocycles. The summed E-state index contributed by atoms with van der Waals surface area (Å²) in [6.45, 7) is 1.88. The second-order valence-electron chi connectivity index (χ2n) is 5.87. The Morgan fingerprint density at radius 1 is 1.22 bits per heavy atom. The number of esters is 1. The lowest BCUT2D eigenvalue weighted by molar-refractivity contribution is -0.156. The van der Waals surface area contributed by atoms with E-state index in [1.807, 2.05) is 0 Å². The van der Waals surface area contributed by atoms with Gasteiger partial charge in [-0.15, -0.1) is 0 Å². The first-order valence-electron chi connectivity index (χ1n) is 7.88. The molecule has 1 saturated carbocycles. The van der Waals surface area contributed by atoms with Crippen molar-refractivity contribution in [2.75, 3.05) is 6.61 Å². The van der Waals surface area contributed by atoms with Gasteiger partial charge in [-0.25, -0.2) is 0 Å². The van der Waals surface area contributed by atoms with Crippen LogP contribution in [0.2, 0.25) is 0 Å². The van der Waals surface area contributed by atoms with Gasteiger partial charge in [0, 0.05) is 0 Å². The molecule has 0 saturated heterocycles. The lowest BCUT2D eigenvalue weighted by Crippen LogP contribution is -2.53. The van der Waals surface area contributed by atoms with E-state index in [0.717, 1.165) is 4.90 Å². The molecule has 0 bridgehead atoms. The molecular weight excluding hydrogens is 298 g/mol.